The zero-order valence-corrected chi connectivity index (χ0v) is 17.5. The number of anilines is 2. The van der Waals surface area contributed by atoms with Gasteiger partial charge in [-0.1, -0.05) is 0 Å². The first-order chi connectivity index (χ1) is 13.9. The maximum atomic E-state index is 13.2. The number of nitrogens with one attached hydrogen (secondary N) is 1. The highest BCUT2D eigenvalue weighted by molar-refractivity contribution is 7.80. The van der Waals surface area contributed by atoms with E-state index >= 15 is 0 Å². The van der Waals surface area contributed by atoms with Crippen molar-refractivity contribution in [3.63, 3.8) is 0 Å². The monoisotopic (exact) mass is 420 g/mol. The van der Waals surface area contributed by atoms with Gasteiger partial charge in [0.2, 0.25) is 0 Å². The summed E-state index contributed by atoms with van der Waals surface area (Å²) in [5, 5.41) is 7.70. The quantitative estimate of drug-likeness (QED) is 0.491. The summed E-state index contributed by atoms with van der Waals surface area (Å²) in [5.74, 6) is 0.272. The minimum absolute atomic E-state index is 0.288. The van der Waals surface area contributed by atoms with E-state index in [1.165, 1.54) is 12.1 Å². The van der Waals surface area contributed by atoms with Crippen molar-refractivity contribution in [2.24, 2.45) is 11.5 Å². The van der Waals surface area contributed by atoms with Crippen LogP contribution >= 0.6 is 12.6 Å². The molecule has 1 aromatic carbocycles. The summed E-state index contributed by atoms with van der Waals surface area (Å²) in [7, 11) is 2.13. The Hall–Kier alpha value is -2.10. The average molecular weight is 421 g/mol. The van der Waals surface area contributed by atoms with Crippen molar-refractivity contribution >= 4 is 30.0 Å². The van der Waals surface area contributed by atoms with E-state index in [2.05, 4.69) is 35.0 Å². The first-order valence-corrected chi connectivity index (χ1v) is 10.5. The lowest BCUT2D eigenvalue weighted by Gasteiger charge is -2.42. The van der Waals surface area contributed by atoms with Gasteiger partial charge in [-0.25, -0.2) is 4.39 Å². The van der Waals surface area contributed by atoms with Crippen LogP contribution in [0, 0.1) is 5.82 Å². The Labute approximate surface area is 176 Å². The number of primary amides is 1. The van der Waals surface area contributed by atoms with Crippen LogP contribution in [0.25, 0.3) is 0 Å². The van der Waals surface area contributed by atoms with Crippen LogP contribution in [-0.2, 0) is 5.54 Å². The molecule has 0 unspecified atom stereocenters. The van der Waals surface area contributed by atoms with Crippen molar-refractivity contribution in [2.45, 2.75) is 37.3 Å². The van der Waals surface area contributed by atoms with Crippen molar-refractivity contribution in [1.82, 2.24) is 14.7 Å². The Morgan fingerprint density at radius 2 is 2.03 bits per heavy atom. The number of carbonyl (C=O) groups is 1. The van der Waals surface area contributed by atoms with Crippen LogP contribution in [-0.4, -0.2) is 52.5 Å². The van der Waals surface area contributed by atoms with Gasteiger partial charge in [-0.15, -0.1) is 0 Å². The summed E-state index contributed by atoms with van der Waals surface area (Å²) in [6, 6.07) is 6.34. The second kappa shape index (κ2) is 9.15. The number of benzene rings is 1. The van der Waals surface area contributed by atoms with E-state index in [9.17, 15) is 9.18 Å². The van der Waals surface area contributed by atoms with Crippen molar-refractivity contribution in [3.05, 3.63) is 41.8 Å². The lowest BCUT2D eigenvalue weighted by Crippen LogP contribution is -2.48. The molecule has 0 spiro atoms. The molecule has 1 aliphatic rings. The second-order valence-corrected chi connectivity index (χ2v) is 8.14. The van der Waals surface area contributed by atoms with Crippen molar-refractivity contribution < 1.29 is 9.18 Å². The number of aromatic nitrogens is 2. The highest BCUT2D eigenvalue weighted by Crippen LogP contribution is 2.37. The zero-order valence-electron chi connectivity index (χ0n) is 16.6. The molecule has 1 fully saturated rings. The van der Waals surface area contributed by atoms with Gasteiger partial charge in [0.05, 0.1) is 5.54 Å². The summed E-state index contributed by atoms with van der Waals surface area (Å²) in [5.41, 5.74) is 12.3. The molecule has 2 aromatic rings. The molecule has 0 radical (unpaired) electrons. The summed E-state index contributed by atoms with van der Waals surface area (Å²) < 4.78 is 15.0. The maximum absolute atomic E-state index is 13.2. The lowest BCUT2D eigenvalue weighted by molar-refractivity contribution is 0.0997. The Balaban J connectivity index is 1.83. The molecule has 0 bridgehead atoms. The van der Waals surface area contributed by atoms with E-state index in [4.69, 9.17) is 11.5 Å². The fourth-order valence-electron chi connectivity index (χ4n) is 4.01. The third-order valence-electron chi connectivity index (χ3n) is 5.91. The molecule has 5 N–H and O–H groups in total. The number of amides is 1. The molecule has 1 heterocycles. The van der Waals surface area contributed by atoms with Gasteiger partial charge in [-0.2, -0.15) is 17.7 Å². The number of hydrogen-bond acceptors (Lipinski definition) is 6. The van der Waals surface area contributed by atoms with Gasteiger partial charge in [0, 0.05) is 36.8 Å². The van der Waals surface area contributed by atoms with Gasteiger partial charge in [0.25, 0.3) is 5.91 Å². The smallest absolute Gasteiger partial charge is 0.254 e. The Bertz CT molecular complexity index is 832. The lowest BCUT2D eigenvalue weighted by atomic mass is 9.79. The van der Waals surface area contributed by atoms with Crippen molar-refractivity contribution in [1.29, 1.82) is 0 Å². The fourth-order valence-corrected chi connectivity index (χ4v) is 4.32. The number of carbonyl (C=O) groups excluding carboxylic acids is 1. The highest BCUT2D eigenvalue weighted by Gasteiger charge is 2.38. The molecule has 1 saturated carbocycles. The number of rotatable bonds is 8. The van der Waals surface area contributed by atoms with E-state index in [-0.39, 0.29) is 16.9 Å². The van der Waals surface area contributed by atoms with Crippen LogP contribution in [0.15, 0.2) is 30.5 Å². The molecular weight excluding hydrogens is 391 g/mol. The van der Waals surface area contributed by atoms with Crippen LogP contribution in [0.2, 0.25) is 0 Å². The van der Waals surface area contributed by atoms with Crippen molar-refractivity contribution in [3.8, 4) is 0 Å². The Morgan fingerprint density at radius 1 is 1.38 bits per heavy atom. The van der Waals surface area contributed by atoms with Crippen molar-refractivity contribution in [2.75, 3.05) is 31.2 Å². The third kappa shape index (κ3) is 4.73. The van der Waals surface area contributed by atoms with E-state index < -0.39 is 5.91 Å². The predicted octanol–water partition coefficient (Wildman–Crippen LogP) is 2.32. The topological polar surface area (TPSA) is 102 Å². The van der Waals surface area contributed by atoms with Gasteiger partial charge in [-0.05, 0) is 57.0 Å². The first-order valence-electron chi connectivity index (χ1n) is 9.82. The van der Waals surface area contributed by atoms with Gasteiger partial charge in [0.15, 0.2) is 5.82 Å². The number of thiol groups is 1. The van der Waals surface area contributed by atoms with E-state index in [0.717, 1.165) is 38.0 Å². The largest absolute Gasteiger partial charge is 0.365 e. The number of halogens is 1. The molecule has 3 rings (SSSR count). The molecule has 1 aromatic heterocycles. The van der Waals surface area contributed by atoms with Crippen LogP contribution in [0.3, 0.4) is 0 Å². The minimum atomic E-state index is -0.574. The van der Waals surface area contributed by atoms with Gasteiger partial charge in [-0.3, -0.25) is 9.48 Å². The molecule has 7 nitrogen and oxygen atoms in total. The maximum Gasteiger partial charge on any atom is 0.254 e. The molecule has 0 saturated heterocycles. The average Bonchev–Trinajstić information content (AvgIpc) is 3.14. The van der Waals surface area contributed by atoms with E-state index in [1.807, 2.05) is 0 Å². The number of nitrogens with two attached hydrogens (primary N) is 2. The SMILES string of the molecule is CN(CCS)C1CCC(CN)(n2cc(C(N)=O)c(Nc3ccc(F)cc3)n2)CC1. The predicted molar refractivity (Wildman–Crippen MR) is 116 cm³/mol. The minimum Gasteiger partial charge on any atom is -0.365 e. The number of hydrogen-bond donors (Lipinski definition) is 4. The van der Waals surface area contributed by atoms with Gasteiger partial charge in [0.1, 0.15) is 11.4 Å². The van der Waals surface area contributed by atoms with Crippen LogP contribution < -0.4 is 16.8 Å². The number of nitrogens with zero attached hydrogens (tertiary/aromatic N) is 3. The Morgan fingerprint density at radius 3 is 2.59 bits per heavy atom. The molecule has 29 heavy (non-hydrogen) atoms. The second-order valence-electron chi connectivity index (χ2n) is 7.70. The van der Waals surface area contributed by atoms with Crippen LogP contribution in [0.5, 0.6) is 0 Å². The van der Waals surface area contributed by atoms with E-state index in [1.54, 1.807) is 23.0 Å². The third-order valence-corrected chi connectivity index (χ3v) is 6.11. The highest BCUT2D eigenvalue weighted by atomic mass is 32.1. The summed E-state index contributed by atoms with van der Waals surface area (Å²) in [4.78, 5) is 14.3. The molecule has 1 aliphatic carbocycles. The Kier molecular flexibility index (Phi) is 6.81. The normalized spacial score (nSPS) is 22.0. The summed E-state index contributed by atoms with van der Waals surface area (Å²) in [6.45, 7) is 1.37. The molecule has 9 heteroatoms. The first kappa shape index (κ1) is 21.6. The molecule has 158 valence electrons. The summed E-state index contributed by atoms with van der Waals surface area (Å²) in [6.07, 6.45) is 5.39. The molecular formula is C20H29FN6OS. The molecule has 0 atom stereocenters. The molecule has 0 aliphatic heterocycles. The molecule has 1 amide bonds. The summed E-state index contributed by atoms with van der Waals surface area (Å²) >= 11 is 4.32. The van der Waals surface area contributed by atoms with Gasteiger partial charge < -0.3 is 21.7 Å². The standard InChI is InChI=1S/C20H29FN6OS/c1-26(10-11-29)16-6-8-20(13-22,9-7-16)27-12-17(18(23)28)19(25-27)24-15-4-2-14(21)3-5-15/h2-5,12,16,29H,6-11,13,22H2,1H3,(H2,23,28)(H,24,25). The van der Waals surface area contributed by atoms with Crippen LogP contribution in [0.1, 0.15) is 36.0 Å². The van der Waals surface area contributed by atoms with Gasteiger partial charge >= 0.3 is 0 Å². The van der Waals surface area contributed by atoms with Crippen LogP contribution in [0.4, 0.5) is 15.9 Å². The van der Waals surface area contributed by atoms with E-state index in [0.29, 0.717) is 24.1 Å². The zero-order chi connectivity index (χ0) is 21.0. The fraction of sp³-hybridized carbons (Fsp3) is 0.500.